The van der Waals surface area contributed by atoms with Gasteiger partial charge in [0.1, 0.15) is 0 Å². The number of rotatable bonds is 4. The van der Waals surface area contributed by atoms with Crippen molar-refractivity contribution in [2.75, 3.05) is 13.1 Å². The van der Waals surface area contributed by atoms with Gasteiger partial charge in [-0.3, -0.25) is 4.79 Å². The summed E-state index contributed by atoms with van der Waals surface area (Å²) in [5, 5.41) is 8.40. The summed E-state index contributed by atoms with van der Waals surface area (Å²) in [4.78, 5) is 25.1. The molecule has 1 aromatic rings. The van der Waals surface area contributed by atoms with E-state index in [-0.39, 0.29) is 25.7 Å². The molecule has 0 bridgehead atoms. The fourth-order valence-electron chi connectivity index (χ4n) is 1.70. The van der Waals surface area contributed by atoms with Crippen LogP contribution in [0.1, 0.15) is 34.6 Å². The molecule has 1 amide bonds. The zero-order valence-electron chi connectivity index (χ0n) is 10.6. The first-order valence-electron chi connectivity index (χ1n) is 5.66. The van der Waals surface area contributed by atoms with Crippen molar-refractivity contribution in [2.45, 2.75) is 13.8 Å². The van der Waals surface area contributed by atoms with Gasteiger partial charge in [-0.15, -0.1) is 0 Å². The van der Waals surface area contributed by atoms with Crippen molar-refractivity contribution in [3.8, 4) is 0 Å². The predicted molar refractivity (Wildman–Crippen MR) is 80.7 cm³/mol. The quantitative estimate of drug-likeness (QED) is 0.637. The van der Waals surface area contributed by atoms with E-state index in [9.17, 15) is 14.7 Å². The lowest BCUT2D eigenvalue weighted by Gasteiger charge is -2.21. The van der Waals surface area contributed by atoms with Gasteiger partial charge in [0.15, 0.2) is 0 Å². The molecule has 8 heteroatoms. The van der Waals surface area contributed by atoms with Gasteiger partial charge in [-0.1, -0.05) is 46.4 Å². The number of carboxylic acids is 1. The number of nitrogens with zero attached hydrogens (tertiary/aromatic N) is 1. The minimum Gasteiger partial charge on any atom is -0.478 e. The monoisotopic (exact) mass is 357 g/mol. The molecule has 0 fully saturated rings. The Morgan fingerprint density at radius 2 is 1.30 bits per heavy atom. The number of halogens is 4. The molecule has 0 saturated carbocycles. The molecule has 4 nitrogen and oxygen atoms in total. The maximum Gasteiger partial charge on any atom is 0.338 e. The fraction of sp³-hybridized carbons (Fsp3) is 0.333. The number of aromatic carboxylic acids is 1. The van der Waals surface area contributed by atoms with Gasteiger partial charge >= 0.3 is 5.97 Å². The van der Waals surface area contributed by atoms with E-state index >= 15 is 0 Å². The Kier molecular flexibility index (Phi) is 5.95. The molecule has 1 rings (SSSR count). The van der Waals surface area contributed by atoms with Crippen LogP contribution in [0, 0.1) is 0 Å². The van der Waals surface area contributed by atoms with Crippen LogP contribution in [0.2, 0.25) is 20.1 Å². The molecule has 0 aliphatic carbocycles. The van der Waals surface area contributed by atoms with Crippen LogP contribution in [0.5, 0.6) is 0 Å². The van der Waals surface area contributed by atoms with E-state index in [0.717, 1.165) is 0 Å². The first kappa shape index (κ1) is 17.4. The standard InChI is InChI=1S/C12H11Cl4NO3/c1-3-17(4-2)11(18)5-6(12(19)20)8(14)10(16)9(15)7(5)13/h3-4H2,1-2H3,(H,19,20). The van der Waals surface area contributed by atoms with Crippen LogP contribution in [-0.4, -0.2) is 35.0 Å². The summed E-state index contributed by atoms with van der Waals surface area (Å²) in [6.07, 6.45) is 0. The summed E-state index contributed by atoms with van der Waals surface area (Å²) >= 11 is 23.6. The SMILES string of the molecule is CCN(CC)C(=O)c1c(Cl)c(Cl)c(Cl)c(Cl)c1C(=O)O. The second kappa shape index (κ2) is 6.85. The molecule has 0 aliphatic rings. The first-order chi connectivity index (χ1) is 9.27. The van der Waals surface area contributed by atoms with E-state index in [1.165, 1.54) is 4.90 Å². The van der Waals surface area contributed by atoms with Gasteiger partial charge in [-0.25, -0.2) is 4.79 Å². The van der Waals surface area contributed by atoms with E-state index in [1.54, 1.807) is 13.8 Å². The summed E-state index contributed by atoms with van der Waals surface area (Å²) in [6.45, 7) is 4.30. The molecule has 0 atom stereocenters. The third kappa shape index (κ3) is 2.98. The Balaban J connectivity index is 3.68. The molecule has 0 heterocycles. The minimum absolute atomic E-state index is 0.140. The fourth-order valence-corrected chi connectivity index (χ4v) is 2.72. The Hall–Kier alpha value is -0.680. The maximum atomic E-state index is 12.4. The average Bonchev–Trinajstić information content (AvgIpc) is 2.40. The highest BCUT2D eigenvalue weighted by Gasteiger charge is 2.30. The van der Waals surface area contributed by atoms with Crippen molar-refractivity contribution in [3.63, 3.8) is 0 Å². The van der Waals surface area contributed by atoms with Crippen LogP contribution >= 0.6 is 46.4 Å². The highest BCUT2D eigenvalue weighted by atomic mass is 35.5. The lowest BCUT2D eigenvalue weighted by molar-refractivity contribution is 0.0678. The molecule has 0 aliphatic heterocycles. The number of hydrogen-bond donors (Lipinski definition) is 1. The number of carbonyl (C=O) groups excluding carboxylic acids is 1. The first-order valence-corrected chi connectivity index (χ1v) is 7.17. The second-order valence-corrected chi connectivity index (χ2v) is 5.30. The third-order valence-electron chi connectivity index (χ3n) is 2.75. The van der Waals surface area contributed by atoms with Crippen LogP contribution in [0.3, 0.4) is 0 Å². The van der Waals surface area contributed by atoms with Crippen molar-refractivity contribution in [1.82, 2.24) is 4.90 Å². The summed E-state index contributed by atoms with van der Waals surface area (Å²) < 4.78 is 0. The van der Waals surface area contributed by atoms with Crippen LogP contribution in [0.25, 0.3) is 0 Å². The summed E-state index contributed by atoms with van der Waals surface area (Å²) in [5.41, 5.74) is -0.690. The highest BCUT2D eigenvalue weighted by Crippen LogP contribution is 2.41. The van der Waals surface area contributed by atoms with Gasteiger partial charge in [0.25, 0.3) is 5.91 Å². The zero-order chi connectivity index (χ0) is 15.6. The van der Waals surface area contributed by atoms with Gasteiger partial charge in [-0.2, -0.15) is 0 Å². The Bertz CT molecular complexity index is 571. The Morgan fingerprint density at radius 1 is 0.900 bits per heavy atom. The molecular formula is C12H11Cl4NO3. The molecule has 0 saturated heterocycles. The molecule has 0 radical (unpaired) electrons. The molecule has 20 heavy (non-hydrogen) atoms. The molecular weight excluding hydrogens is 348 g/mol. The normalized spacial score (nSPS) is 10.5. The average molecular weight is 359 g/mol. The Labute approximate surface area is 136 Å². The van der Waals surface area contributed by atoms with Crippen LogP contribution < -0.4 is 0 Å². The number of carboxylic acid groups (broad SMARTS) is 1. The number of benzene rings is 1. The van der Waals surface area contributed by atoms with E-state index in [0.29, 0.717) is 13.1 Å². The van der Waals surface area contributed by atoms with Crippen molar-refractivity contribution < 1.29 is 14.7 Å². The van der Waals surface area contributed by atoms with Crippen LogP contribution in [0.15, 0.2) is 0 Å². The summed E-state index contributed by atoms with van der Waals surface area (Å²) in [5.74, 6) is -1.95. The molecule has 0 unspecified atom stereocenters. The second-order valence-electron chi connectivity index (χ2n) is 3.79. The molecule has 0 spiro atoms. The molecule has 0 aromatic heterocycles. The number of amides is 1. The topological polar surface area (TPSA) is 57.6 Å². The third-order valence-corrected chi connectivity index (χ3v) is 4.55. The van der Waals surface area contributed by atoms with E-state index in [4.69, 9.17) is 46.4 Å². The highest BCUT2D eigenvalue weighted by molar-refractivity contribution is 6.54. The Morgan fingerprint density at radius 3 is 1.65 bits per heavy atom. The molecule has 110 valence electrons. The zero-order valence-corrected chi connectivity index (χ0v) is 13.7. The minimum atomic E-state index is -1.40. The largest absolute Gasteiger partial charge is 0.478 e. The van der Waals surface area contributed by atoms with E-state index in [1.807, 2.05) is 0 Å². The van der Waals surface area contributed by atoms with Crippen molar-refractivity contribution in [3.05, 3.63) is 31.2 Å². The number of carbonyl (C=O) groups is 2. The molecule has 1 aromatic carbocycles. The van der Waals surface area contributed by atoms with Gasteiger partial charge in [0.2, 0.25) is 0 Å². The van der Waals surface area contributed by atoms with Gasteiger partial charge in [-0.05, 0) is 13.8 Å². The lowest BCUT2D eigenvalue weighted by atomic mass is 10.1. The predicted octanol–water partition coefficient (Wildman–Crippen LogP) is 4.48. The van der Waals surface area contributed by atoms with E-state index < -0.39 is 17.4 Å². The van der Waals surface area contributed by atoms with E-state index in [2.05, 4.69) is 0 Å². The summed E-state index contributed by atoms with van der Waals surface area (Å²) in [6, 6.07) is 0. The number of hydrogen-bond acceptors (Lipinski definition) is 2. The molecule has 1 N–H and O–H groups in total. The van der Waals surface area contributed by atoms with Gasteiger partial charge in [0, 0.05) is 13.1 Å². The van der Waals surface area contributed by atoms with Gasteiger partial charge < -0.3 is 10.0 Å². The maximum absolute atomic E-state index is 12.4. The van der Waals surface area contributed by atoms with Crippen molar-refractivity contribution >= 4 is 58.3 Å². The summed E-state index contributed by atoms with van der Waals surface area (Å²) in [7, 11) is 0. The van der Waals surface area contributed by atoms with Crippen LogP contribution in [-0.2, 0) is 0 Å². The lowest BCUT2D eigenvalue weighted by Crippen LogP contribution is -2.32. The smallest absolute Gasteiger partial charge is 0.338 e. The van der Waals surface area contributed by atoms with Crippen molar-refractivity contribution in [2.24, 2.45) is 0 Å². The van der Waals surface area contributed by atoms with Gasteiger partial charge in [0.05, 0.1) is 31.2 Å². The van der Waals surface area contributed by atoms with Crippen LogP contribution in [0.4, 0.5) is 0 Å². The van der Waals surface area contributed by atoms with Crippen molar-refractivity contribution in [1.29, 1.82) is 0 Å².